The van der Waals surface area contributed by atoms with Crippen molar-refractivity contribution in [1.82, 2.24) is 5.32 Å². The lowest BCUT2D eigenvalue weighted by atomic mass is 10.1. The first-order valence-electron chi connectivity index (χ1n) is 5.06. The molecule has 0 aromatic heterocycles. The molecular weight excluding hydrogens is 176 g/mol. The third-order valence-electron chi connectivity index (χ3n) is 2.07. The molecule has 0 bridgehead atoms. The summed E-state index contributed by atoms with van der Waals surface area (Å²) in [5.41, 5.74) is 5.66. The highest BCUT2D eigenvalue weighted by Gasteiger charge is 2.15. The van der Waals surface area contributed by atoms with Crippen molar-refractivity contribution >= 4 is 5.91 Å². The van der Waals surface area contributed by atoms with Gasteiger partial charge in [-0.1, -0.05) is 13.8 Å². The van der Waals surface area contributed by atoms with Gasteiger partial charge >= 0.3 is 0 Å². The van der Waals surface area contributed by atoms with E-state index in [0.717, 1.165) is 19.3 Å². The van der Waals surface area contributed by atoms with Gasteiger partial charge in [-0.2, -0.15) is 0 Å². The molecular formula is C11H20N2O. The molecule has 3 heteroatoms. The zero-order valence-corrected chi connectivity index (χ0v) is 9.05. The van der Waals surface area contributed by atoms with E-state index in [9.17, 15) is 4.79 Å². The quantitative estimate of drug-likeness (QED) is 0.489. The van der Waals surface area contributed by atoms with Gasteiger partial charge in [-0.15, -0.1) is 12.3 Å². The van der Waals surface area contributed by atoms with Crippen LogP contribution in [0.3, 0.4) is 0 Å². The zero-order valence-electron chi connectivity index (χ0n) is 9.05. The van der Waals surface area contributed by atoms with E-state index in [0.29, 0.717) is 6.54 Å². The Kier molecular flexibility index (Phi) is 6.87. The van der Waals surface area contributed by atoms with E-state index in [4.69, 9.17) is 12.2 Å². The minimum absolute atomic E-state index is 0.0688. The molecule has 0 aliphatic carbocycles. The highest BCUT2D eigenvalue weighted by atomic mass is 16.2. The standard InChI is InChI=1S/C11H20N2O/c1-4-5-6-7-8-13-11(14)10(12)9(2)3/h1,9-10H,5-8,12H2,2-3H3,(H,13,14). The van der Waals surface area contributed by atoms with Crippen molar-refractivity contribution in [2.45, 2.75) is 39.2 Å². The molecule has 0 aromatic rings. The maximum atomic E-state index is 11.3. The fourth-order valence-electron chi connectivity index (χ4n) is 0.984. The molecule has 0 aliphatic heterocycles. The van der Waals surface area contributed by atoms with Crippen molar-refractivity contribution in [3.8, 4) is 12.3 Å². The molecule has 1 amide bonds. The van der Waals surface area contributed by atoms with E-state index >= 15 is 0 Å². The fourth-order valence-corrected chi connectivity index (χ4v) is 0.984. The van der Waals surface area contributed by atoms with E-state index < -0.39 is 6.04 Å². The van der Waals surface area contributed by atoms with Gasteiger partial charge in [0.1, 0.15) is 0 Å². The maximum absolute atomic E-state index is 11.3. The number of nitrogens with two attached hydrogens (primary N) is 1. The number of hydrogen-bond donors (Lipinski definition) is 2. The minimum atomic E-state index is -0.400. The van der Waals surface area contributed by atoms with E-state index in [-0.39, 0.29) is 11.8 Å². The Labute approximate surface area is 86.4 Å². The SMILES string of the molecule is C#CCCCCNC(=O)C(N)C(C)C. The van der Waals surface area contributed by atoms with Gasteiger partial charge in [0, 0.05) is 13.0 Å². The summed E-state index contributed by atoms with van der Waals surface area (Å²) in [4.78, 5) is 11.3. The third kappa shape index (κ3) is 5.60. The molecule has 0 saturated carbocycles. The first-order valence-corrected chi connectivity index (χ1v) is 5.06. The van der Waals surface area contributed by atoms with E-state index in [1.165, 1.54) is 0 Å². The van der Waals surface area contributed by atoms with Crippen LogP contribution in [0.2, 0.25) is 0 Å². The lowest BCUT2D eigenvalue weighted by Crippen LogP contribution is -2.44. The fraction of sp³-hybridized carbons (Fsp3) is 0.727. The first-order chi connectivity index (χ1) is 6.59. The summed E-state index contributed by atoms with van der Waals surface area (Å²) in [5.74, 6) is 2.67. The van der Waals surface area contributed by atoms with Crippen molar-refractivity contribution in [1.29, 1.82) is 0 Å². The summed E-state index contributed by atoms with van der Waals surface area (Å²) in [6.45, 7) is 4.53. The molecule has 3 N–H and O–H groups in total. The Bertz CT molecular complexity index is 206. The van der Waals surface area contributed by atoms with Gasteiger partial charge in [-0.05, 0) is 18.8 Å². The highest BCUT2D eigenvalue weighted by Crippen LogP contribution is 1.98. The third-order valence-corrected chi connectivity index (χ3v) is 2.07. The summed E-state index contributed by atoms with van der Waals surface area (Å²) in [7, 11) is 0. The summed E-state index contributed by atoms with van der Waals surface area (Å²) >= 11 is 0. The van der Waals surface area contributed by atoms with Gasteiger partial charge < -0.3 is 11.1 Å². The lowest BCUT2D eigenvalue weighted by Gasteiger charge is -2.14. The van der Waals surface area contributed by atoms with Crippen LogP contribution in [-0.4, -0.2) is 18.5 Å². The van der Waals surface area contributed by atoms with Crippen molar-refractivity contribution in [2.24, 2.45) is 11.7 Å². The summed E-state index contributed by atoms with van der Waals surface area (Å²) in [6, 6.07) is -0.400. The average Bonchev–Trinajstić information content (AvgIpc) is 2.16. The Morgan fingerprint density at radius 2 is 2.14 bits per heavy atom. The first kappa shape index (κ1) is 13.0. The molecule has 14 heavy (non-hydrogen) atoms. The van der Waals surface area contributed by atoms with Crippen LogP contribution in [0.15, 0.2) is 0 Å². The van der Waals surface area contributed by atoms with E-state index in [2.05, 4.69) is 11.2 Å². The van der Waals surface area contributed by atoms with E-state index in [1.807, 2.05) is 13.8 Å². The van der Waals surface area contributed by atoms with Gasteiger partial charge in [-0.3, -0.25) is 4.79 Å². The number of rotatable bonds is 6. The van der Waals surface area contributed by atoms with Crippen LogP contribution < -0.4 is 11.1 Å². The lowest BCUT2D eigenvalue weighted by molar-refractivity contribution is -0.123. The van der Waals surface area contributed by atoms with Crippen LogP contribution in [0, 0.1) is 18.3 Å². The normalized spacial score (nSPS) is 12.2. The highest BCUT2D eigenvalue weighted by molar-refractivity contribution is 5.81. The van der Waals surface area contributed by atoms with Crippen molar-refractivity contribution in [3.63, 3.8) is 0 Å². The number of carbonyl (C=O) groups is 1. The van der Waals surface area contributed by atoms with Crippen LogP contribution in [0.1, 0.15) is 33.1 Å². The number of carbonyl (C=O) groups excluding carboxylic acids is 1. The molecule has 0 aliphatic rings. The van der Waals surface area contributed by atoms with Crippen LogP contribution in [0.4, 0.5) is 0 Å². The predicted octanol–water partition coefficient (Wildman–Crippen LogP) is 0.889. The van der Waals surface area contributed by atoms with Crippen LogP contribution >= 0.6 is 0 Å². The molecule has 0 radical (unpaired) electrons. The molecule has 1 unspecified atom stereocenters. The Hall–Kier alpha value is -1.01. The maximum Gasteiger partial charge on any atom is 0.237 e. The van der Waals surface area contributed by atoms with Crippen molar-refractivity contribution in [2.75, 3.05) is 6.54 Å². The number of hydrogen-bond acceptors (Lipinski definition) is 2. The summed E-state index contributed by atoms with van der Waals surface area (Å²) in [6.07, 6.45) is 7.74. The van der Waals surface area contributed by atoms with Crippen molar-refractivity contribution in [3.05, 3.63) is 0 Å². The zero-order chi connectivity index (χ0) is 11.0. The molecule has 0 heterocycles. The van der Waals surface area contributed by atoms with Gasteiger partial charge in [-0.25, -0.2) is 0 Å². The van der Waals surface area contributed by atoms with Gasteiger partial charge in [0.15, 0.2) is 0 Å². The molecule has 0 fully saturated rings. The second kappa shape index (κ2) is 7.40. The van der Waals surface area contributed by atoms with Gasteiger partial charge in [0.2, 0.25) is 5.91 Å². The smallest absolute Gasteiger partial charge is 0.237 e. The van der Waals surface area contributed by atoms with Crippen LogP contribution in [0.5, 0.6) is 0 Å². The molecule has 0 spiro atoms. The molecule has 3 nitrogen and oxygen atoms in total. The molecule has 0 aromatic carbocycles. The Balaban J connectivity index is 3.50. The largest absolute Gasteiger partial charge is 0.355 e. The summed E-state index contributed by atoms with van der Waals surface area (Å²) in [5, 5.41) is 2.79. The molecule has 0 saturated heterocycles. The number of terminal acetylenes is 1. The monoisotopic (exact) mass is 196 g/mol. The van der Waals surface area contributed by atoms with Gasteiger partial charge in [0.05, 0.1) is 6.04 Å². The minimum Gasteiger partial charge on any atom is -0.355 e. The predicted molar refractivity (Wildman–Crippen MR) is 58.5 cm³/mol. The van der Waals surface area contributed by atoms with Crippen molar-refractivity contribution < 1.29 is 4.79 Å². The number of unbranched alkanes of at least 4 members (excludes halogenated alkanes) is 2. The second-order valence-electron chi connectivity index (χ2n) is 3.72. The molecule has 1 atom stereocenters. The molecule has 0 rings (SSSR count). The number of amides is 1. The van der Waals surface area contributed by atoms with Crippen LogP contribution in [-0.2, 0) is 4.79 Å². The molecule has 80 valence electrons. The van der Waals surface area contributed by atoms with Crippen LogP contribution in [0.25, 0.3) is 0 Å². The Morgan fingerprint density at radius 1 is 1.50 bits per heavy atom. The van der Waals surface area contributed by atoms with Gasteiger partial charge in [0.25, 0.3) is 0 Å². The topological polar surface area (TPSA) is 55.1 Å². The summed E-state index contributed by atoms with van der Waals surface area (Å²) < 4.78 is 0. The second-order valence-corrected chi connectivity index (χ2v) is 3.72. The Morgan fingerprint density at radius 3 is 2.64 bits per heavy atom. The average molecular weight is 196 g/mol. The van der Waals surface area contributed by atoms with E-state index in [1.54, 1.807) is 0 Å². The number of nitrogens with one attached hydrogen (secondary N) is 1.